The third-order valence-electron chi connectivity index (χ3n) is 9.88. The number of hydrogen-bond donors (Lipinski definition) is 0. The Balaban J connectivity index is 1.28. The van der Waals surface area contributed by atoms with Crippen LogP contribution in [0.4, 0.5) is 0 Å². The molecule has 8 aromatic carbocycles. The van der Waals surface area contributed by atoms with Crippen molar-refractivity contribution in [3.05, 3.63) is 146 Å². The molecule has 0 aliphatic heterocycles. The third-order valence-corrected chi connectivity index (χ3v) is 11.1. The van der Waals surface area contributed by atoms with Crippen molar-refractivity contribution in [1.82, 2.24) is 0 Å². The van der Waals surface area contributed by atoms with Crippen molar-refractivity contribution < 1.29 is 8.83 Å². The molecule has 0 unspecified atom stereocenters. The van der Waals surface area contributed by atoms with E-state index in [9.17, 15) is 0 Å². The number of benzene rings is 8. The van der Waals surface area contributed by atoms with Gasteiger partial charge in [0.2, 0.25) is 0 Å². The fourth-order valence-corrected chi connectivity index (χ4v) is 9.18. The molecule has 0 saturated heterocycles. The van der Waals surface area contributed by atoms with Gasteiger partial charge in [0.15, 0.2) is 0 Å². The lowest BCUT2D eigenvalue weighted by Gasteiger charge is -2.18. The van der Waals surface area contributed by atoms with Gasteiger partial charge in [-0.3, -0.25) is 0 Å². The van der Waals surface area contributed by atoms with Gasteiger partial charge in [-0.1, -0.05) is 121 Å². The van der Waals surface area contributed by atoms with Crippen molar-refractivity contribution >= 4 is 96.9 Å². The van der Waals surface area contributed by atoms with Gasteiger partial charge in [0.1, 0.15) is 22.3 Å². The van der Waals surface area contributed by atoms with Crippen LogP contribution in [-0.4, -0.2) is 0 Å². The van der Waals surface area contributed by atoms with Gasteiger partial charge < -0.3 is 8.83 Å². The molecule has 11 rings (SSSR count). The molecular formula is C44H24O2S. The second-order valence-electron chi connectivity index (χ2n) is 12.3. The van der Waals surface area contributed by atoms with Crippen molar-refractivity contribution in [3.63, 3.8) is 0 Å². The summed E-state index contributed by atoms with van der Waals surface area (Å²) in [7, 11) is 0. The summed E-state index contributed by atoms with van der Waals surface area (Å²) < 4.78 is 15.7. The van der Waals surface area contributed by atoms with Crippen molar-refractivity contribution in [3.8, 4) is 22.3 Å². The minimum Gasteiger partial charge on any atom is -0.456 e. The van der Waals surface area contributed by atoms with E-state index < -0.39 is 0 Å². The smallest absolute Gasteiger partial charge is 0.143 e. The van der Waals surface area contributed by atoms with E-state index in [1.165, 1.54) is 58.4 Å². The molecule has 2 nitrogen and oxygen atoms in total. The van der Waals surface area contributed by atoms with E-state index >= 15 is 0 Å². The predicted octanol–water partition coefficient (Wildman–Crippen LogP) is 13.5. The van der Waals surface area contributed by atoms with E-state index in [2.05, 4.69) is 127 Å². The third kappa shape index (κ3) is 3.39. The standard InChI is InChI=1S/C44H24O2S/c1-3-14-28-26(12-1)39(27-13-2-4-15-29(27)40(28)34-20-9-17-30-25-11-6-8-22-38(25)47-44(30)34)32-18-10-19-33-42-37(46-43(32)33)24-23-36-41(42)31-16-5-7-21-35(31)45-36/h1-24H. The Labute approximate surface area is 272 Å². The second kappa shape index (κ2) is 9.32. The zero-order chi connectivity index (χ0) is 30.6. The maximum atomic E-state index is 6.83. The molecule has 0 aliphatic rings. The van der Waals surface area contributed by atoms with Crippen molar-refractivity contribution in [2.45, 2.75) is 0 Å². The molecule has 0 spiro atoms. The topological polar surface area (TPSA) is 26.3 Å². The van der Waals surface area contributed by atoms with E-state index in [0.29, 0.717) is 0 Å². The van der Waals surface area contributed by atoms with E-state index in [1.54, 1.807) is 0 Å². The lowest BCUT2D eigenvalue weighted by molar-refractivity contribution is 0.663. The Morgan fingerprint density at radius 2 is 0.851 bits per heavy atom. The molecule has 0 atom stereocenters. The fourth-order valence-electron chi connectivity index (χ4n) is 7.95. The second-order valence-corrected chi connectivity index (χ2v) is 13.4. The van der Waals surface area contributed by atoms with Crippen LogP contribution in [0.1, 0.15) is 0 Å². The van der Waals surface area contributed by atoms with Gasteiger partial charge in [0.05, 0.1) is 0 Å². The number of furan rings is 2. The van der Waals surface area contributed by atoms with Crippen LogP contribution in [0.3, 0.4) is 0 Å². The van der Waals surface area contributed by atoms with Crippen LogP contribution in [0.25, 0.3) is 108 Å². The first-order valence-electron chi connectivity index (χ1n) is 15.9. The highest BCUT2D eigenvalue weighted by molar-refractivity contribution is 7.26. The summed E-state index contributed by atoms with van der Waals surface area (Å²) in [5.41, 5.74) is 8.38. The predicted molar refractivity (Wildman–Crippen MR) is 200 cm³/mol. The number of hydrogen-bond acceptors (Lipinski definition) is 3. The molecule has 0 saturated carbocycles. The summed E-state index contributed by atoms with van der Waals surface area (Å²) in [6.07, 6.45) is 0. The van der Waals surface area contributed by atoms with Crippen LogP contribution >= 0.6 is 11.3 Å². The highest BCUT2D eigenvalue weighted by Crippen LogP contribution is 2.50. The summed E-state index contributed by atoms with van der Waals surface area (Å²) in [4.78, 5) is 0. The summed E-state index contributed by atoms with van der Waals surface area (Å²) in [5, 5.41) is 11.9. The van der Waals surface area contributed by atoms with Crippen molar-refractivity contribution in [2.75, 3.05) is 0 Å². The van der Waals surface area contributed by atoms with E-state index in [-0.39, 0.29) is 0 Å². The summed E-state index contributed by atoms with van der Waals surface area (Å²) in [5.74, 6) is 0. The first-order valence-corrected chi connectivity index (χ1v) is 16.7. The largest absolute Gasteiger partial charge is 0.456 e. The zero-order valence-corrected chi connectivity index (χ0v) is 25.9. The summed E-state index contributed by atoms with van der Waals surface area (Å²) >= 11 is 1.88. The maximum Gasteiger partial charge on any atom is 0.143 e. The molecule has 0 N–H and O–H groups in total. The Morgan fingerprint density at radius 3 is 1.57 bits per heavy atom. The summed E-state index contributed by atoms with van der Waals surface area (Å²) in [6.45, 7) is 0. The van der Waals surface area contributed by atoms with Crippen LogP contribution in [-0.2, 0) is 0 Å². The van der Waals surface area contributed by atoms with Crippen LogP contribution in [0, 0.1) is 0 Å². The van der Waals surface area contributed by atoms with Crippen LogP contribution < -0.4 is 0 Å². The molecule has 0 radical (unpaired) electrons. The lowest BCUT2D eigenvalue weighted by Crippen LogP contribution is -1.91. The molecule has 0 bridgehead atoms. The number of thiophene rings is 1. The molecule has 3 heterocycles. The molecule has 3 aromatic heterocycles. The number of rotatable bonds is 2. The highest BCUT2D eigenvalue weighted by Gasteiger charge is 2.23. The van der Waals surface area contributed by atoms with Gasteiger partial charge in [-0.15, -0.1) is 11.3 Å². The molecule has 0 aliphatic carbocycles. The van der Waals surface area contributed by atoms with Crippen LogP contribution in [0.5, 0.6) is 0 Å². The molecule has 3 heteroatoms. The van der Waals surface area contributed by atoms with E-state index in [4.69, 9.17) is 8.83 Å². The number of para-hydroxylation sites is 2. The zero-order valence-electron chi connectivity index (χ0n) is 25.1. The van der Waals surface area contributed by atoms with Gasteiger partial charge in [0, 0.05) is 58.4 Å². The maximum absolute atomic E-state index is 6.83. The van der Waals surface area contributed by atoms with Gasteiger partial charge in [-0.25, -0.2) is 0 Å². The highest BCUT2D eigenvalue weighted by atomic mass is 32.1. The Kier molecular flexibility index (Phi) is 5.02. The SMILES string of the molecule is c1ccc2c(c1)oc1ccc3oc4c(-c5c6ccccc6c(-c6cccc7c6sc6ccccc67)c6ccccc56)cccc4c3c12. The molecular weight excluding hydrogens is 593 g/mol. The Bertz CT molecular complexity index is 3020. The monoisotopic (exact) mass is 616 g/mol. The molecule has 47 heavy (non-hydrogen) atoms. The summed E-state index contributed by atoms with van der Waals surface area (Å²) in [6, 6.07) is 52.2. The van der Waals surface area contributed by atoms with Gasteiger partial charge in [-0.05, 0) is 51.4 Å². The number of fused-ring (bicyclic) bond motifs is 12. The molecule has 218 valence electrons. The van der Waals surface area contributed by atoms with Gasteiger partial charge >= 0.3 is 0 Å². The molecule has 11 aromatic rings. The Hall–Kier alpha value is -5.90. The fraction of sp³-hybridized carbons (Fsp3) is 0. The molecule has 0 fully saturated rings. The van der Waals surface area contributed by atoms with Crippen molar-refractivity contribution in [2.24, 2.45) is 0 Å². The van der Waals surface area contributed by atoms with E-state index in [0.717, 1.165) is 49.4 Å². The van der Waals surface area contributed by atoms with Crippen LogP contribution in [0.15, 0.2) is 154 Å². The van der Waals surface area contributed by atoms with Crippen LogP contribution in [0.2, 0.25) is 0 Å². The average molecular weight is 617 g/mol. The van der Waals surface area contributed by atoms with E-state index in [1.807, 2.05) is 29.5 Å². The lowest BCUT2D eigenvalue weighted by atomic mass is 9.85. The first-order chi connectivity index (χ1) is 23.3. The van der Waals surface area contributed by atoms with Gasteiger partial charge in [-0.2, -0.15) is 0 Å². The Morgan fingerprint density at radius 1 is 0.340 bits per heavy atom. The minimum atomic E-state index is 0.869. The average Bonchev–Trinajstić information content (AvgIpc) is 3.82. The first kappa shape index (κ1) is 25.3. The normalized spacial score (nSPS) is 12.3. The minimum absolute atomic E-state index is 0.869. The van der Waals surface area contributed by atoms with Gasteiger partial charge in [0.25, 0.3) is 0 Å². The quantitative estimate of drug-likeness (QED) is 0.181. The molecule has 0 amide bonds. The van der Waals surface area contributed by atoms with Crippen molar-refractivity contribution in [1.29, 1.82) is 0 Å².